The van der Waals surface area contributed by atoms with Crippen LogP contribution >= 0.6 is 20.6 Å². The highest BCUT2D eigenvalue weighted by atomic mass is 32.1. The number of nitrogen functional groups attached to an aromatic ring is 1. The Morgan fingerprint density at radius 1 is 1.75 bits per heavy atom. The van der Waals surface area contributed by atoms with Gasteiger partial charge in [0.25, 0.3) is 0 Å². The quantitative estimate of drug-likeness (QED) is 0.544. The van der Waals surface area contributed by atoms with Crippen molar-refractivity contribution in [1.29, 1.82) is 0 Å². The molecule has 0 spiro atoms. The fourth-order valence-corrected chi connectivity index (χ4v) is 1.86. The molecule has 0 amide bonds. The van der Waals surface area contributed by atoms with Crippen molar-refractivity contribution in [3.05, 3.63) is 11.6 Å². The van der Waals surface area contributed by atoms with Gasteiger partial charge in [0.2, 0.25) is 0 Å². The number of hydrogen-bond donors (Lipinski definition) is 1. The first-order chi connectivity index (χ1) is 3.70. The van der Waals surface area contributed by atoms with E-state index in [1.807, 2.05) is 6.92 Å². The van der Waals surface area contributed by atoms with E-state index in [-0.39, 0.29) is 0 Å². The molecule has 1 nitrogen and oxygen atoms in total. The third-order valence-corrected chi connectivity index (χ3v) is 2.39. The molecule has 0 aliphatic rings. The molecule has 0 aliphatic carbocycles. The molecule has 0 bridgehead atoms. The van der Waals surface area contributed by atoms with Crippen molar-refractivity contribution in [3.63, 3.8) is 0 Å². The van der Waals surface area contributed by atoms with Crippen LogP contribution in [-0.4, -0.2) is 0 Å². The summed E-state index contributed by atoms with van der Waals surface area (Å²) in [5.74, 6) is 0. The molecule has 8 heavy (non-hydrogen) atoms. The van der Waals surface area contributed by atoms with Gasteiger partial charge >= 0.3 is 0 Å². The maximum absolute atomic E-state index is 5.55. The standard InChI is InChI=1S/C5H8NPS/c1-3-2-4(7)8-5(3)6/h2H,6-7H2,1H3. The number of thiophene rings is 1. The van der Waals surface area contributed by atoms with Crippen molar-refractivity contribution in [1.82, 2.24) is 0 Å². The van der Waals surface area contributed by atoms with Crippen LogP contribution in [0.3, 0.4) is 0 Å². The summed E-state index contributed by atoms with van der Waals surface area (Å²) in [7, 11) is 2.62. The van der Waals surface area contributed by atoms with Gasteiger partial charge in [0.1, 0.15) is 0 Å². The lowest BCUT2D eigenvalue weighted by molar-refractivity contribution is 1.56. The number of hydrogen-bond acceptors (Lipinski definition) is 2. The smallest absolute Gasteiger partial charge is 0.0892 e. The van der Waals surface area contributed by atoms with Crippen molar-refractivity contribution >= 4 is 30.2 Å². The van der Waals surface area contributed by atoms with Crippen LogP contribution in [0.2, 0.25) is 0 Å². The lowest BCUT2D eigenvalue weighted by atomic mass is 10.4. The molecule has 1 heterocycles. The highest BCUT2D eigenvalue weighted by molar-refractivity contribution is 7.44. The Labute approximate surface area is 55.1 Å². The fraction of sp³-hybridized carbons (Fsp3) is 0.200. The number of anilines is 1. The molecule has 0 aliphatic heterocycles. The molecule has 0 saturated heterocycles. The molecule has 44 valence electrons. The van der Waals surface area contributed by atoms with Gasteiger partial charge in [-0.3, -0.25) is 0 Å². The van der Waals surface area contributed by atoms with E-state index >= 15 is 0 Å². The number of nitrogens with two attached hydrogens (primary N) is 1. The molecule has 0 aromatic carbocycles. The molecule has 0 radical (unpaired) electrons. The summed E-state index contributed by atoms with van der Waals surface area (Å²) in [5.41, 5.74) is 6.73. The van der Waals surface area contributed by atoms with E-state index in [2.05, 4.69) is 15.3 Å². The second-order valence-electron chi connectivity index (χ2n) is 1.70. The van der Waals surface area contributed by atoms with E-state index in [0.29, 0.717) is 0 Å². The van der Waals surface area contributed by atoms with Crippen LogP contribution in [0, 0.1) is 6.92 Å². The van der Waals surface area contributed by atoms with Gasteiger partial charge in [-0.1, -0.05) is 9.24 Å². The Morgan fingerprint density at radius 3 is 2.50 bits per heavy atom. The van der Waals surface area contributed by atoms with E-state index in [1.165, 1.54) is 10.2 Å². The average molecular weight is 145 g/mol. The molecule has 2 N–H and O–H groups in total. The van der Waals surface area contributed by atoms with Crippen molar-refractivity contribution in [2.75, 3.05) is 5.73 Å². The van der Waals surface area contributed by atoms with Crippen molar-refractivity contribution in [2.24, 2.45) is 0 Å². The van der Waals surface area contributed by atoms with Gasteiger partial charge in [0.15, 0.2) is 0 Å². The molecular formula is C5H8NPS. The number of rotatable bonds is 0. The minimum atomic E-state index is 0.926. The summed E-state index contributed by atoms with van der Waals surface area (Å²) in [5, 5.41) is 0.926. The first-order valence-corrected chi connectivity index (χ1v) is 3.71. The van der Waals surface area contributed by atoms with E-state index in [9.17, 15) is 0 Å². The van der Waals surface area contributed by atoms with Crippen molar-refractivity contribution in [3.8, 4) is 0 Å². The molecule has 3 heteroatoms. The van der Waals surface area contributed by atoms with Crippen LogP contribution in [0.25, 0.3) is 0 Å². The molecule has 0 saturated carbocycles. The SMILES string of the molecule is Cc1cc(P)sc1N. The lowest BCUT2D eigenvalue weighted by Crippen LogP contribution is -1.78. The fourth-order valence-electron chi connectivity index (χ4n) is 0.521. The van der Waals surface area contributed by atoms with Gasteiger partial charge < -0.3 is 5.73 Å². The van der Waals surface area contributed by atoms with Gasteiger partial charge in [-0.25, -0.2) is 0 Å². The van der Waals surface area contributed by atoms with E-state index in [0.717, 1.165) is 5.00 Å². The molecule has 1 aromatic rings. The maximum Gasteiger partial charge on any atom is 0.0892 e. The molecule has 1 rings (SSSR count). The Bertz CT molecular complexity index is 175. The van der Waals surface area contributed by atoms with Crippen LogP contribution < -0.4 is 10.4 Å². The van der Waals surface area contributed by atoms with Crippen LogP contribution in [-0.2, 0) is 0 Å². The third-order valence-electron chi connectivity index (χ3n) is 0.975. The molecule has 0 fully saturated rings. The topological polar surface area (TPSA) is 26.0 Å². The summed E-state index contributed by atoms with van der Waals surface area (Å²) in [6.07, 6.45) is 0. The number of aryl methyl sites for hydroxylation is 1. The summed E-state index contributed by atoms with van der Waals surface area (Å²) in [6.45, 7) is 2.01. The van der Waals surface area contributed by atoms with Crippen molar-refractivity contribution < 1.29 is 0 Å². The van der Waals surface area contributed by atoms with Gasteiger partial charge in [-0.15, -0.1) is 11.3 Å². The first kappa shape index (κ1) is 6.06. The Kier molecular flexibility index (Phi) is 1.54. The highest BCUT2D eigenvalue weighted by Crippen LogP contribution is 2.17. The minimum Gasteiger partial charge on any atom is -0.390 e. The Balaban J connectivity index is 3.14. The van der Waals surface area contributed by atoms with Gasteiger partial charge in [-0.05, 0) is 18.6 Å². The largest absolute Gasteiger partial charge is 0.390 e. The summed E-state index contributed by atoms with van der Waals surface area (Å²) >= 11 is 1.61. The zero-order valence-corrected chi connectivity index (χ0v) is 6.61. The lowest BCUT2D eigenvalue weighted by Gasteiger charge is -1.80. The van der Waals surface area contributed by atoms with Crippen LogP contribution in [0.15, 0.2) is 6.07 Å². The van der Waals surface area contributed by atoms with Gasteiger partial charge in [0, 0.05) is 4.62 Å². The van der Waals surface area contributed by atoms with Gasteiger partial charge in [-0.2, -0.15) is 0 Å². The third kappa shape index (κ3) is 1.01. The Morgan fingerprint density at radius 2 is 2.38 bits per heavy atom. The minimum absolute atomic E-state index is 0.926. The summed E-state index contributed by atoms with van der Waals surface area (Å²) in [6, 6.07) is 2.06. The van der Waals surface area contributed by atoms with E-state index in [1.54, 1.807) is 11.3 Å². The van der Waals surface area contributed by atoms with Gasteiger partial charge in [0.05, 0.1) is 5.00 Å². The summed E-state index contributed by atoms with van der Waals surface area (Å²) in [4.78, 5) is 0. The van der Waals surface area contributed by atoms with Crippen LogP contribution in [0.4, 0.5) is 5.00 Å². The zero-order chi connectivity index (χ0) is 6.15. The second-order valence-corrected chi connectivity index (χ2v) is 3.85. The van der Waals surface area contributed by atoms with Crippen LogP contribution in [0.5, 0.6) is 0 Å². The van der Waals surface area contributed by atoms with E-state index < -0.39 is 0 Å². The summed E-state index contributed by atoms with van der Waals surface area (Å²) < 4.78 is 1.21. The maximum atomic E-state index is 5.55. The molecule has 1 aromatic heterocycles. The molecule has 1 unspecified atom stereocenters. The average Bonchev–Trinajstić information content (AvgIpc) is 1.85. The monoisotopic (exact) mass is 145 g/mol. The van der Waals surface area contributed by atoms with Crippen molar-refractivity contribution in [2.45, 2.75) is 6.92 Å². The second kappa shape index (κ2) is 2.04. The molecule has 1 atom stereocenters. The first-order valence-electron chi connectivity index (χ1n) is 2.31. The Hall–Kier alpha value is -0.0700. The molecular weight excluding hydrogens is 137 g/mol. The normalized spacial score (nSPS) is 9.75. The van der Waals surface area contributed by atoms with E-state index in [4.69, 9.17) is 5.73 Å². The highest BCUT2D eigenvalue weighted by Gasteiger charge is 1.94. The predicted molar refractivity (Wildman–Crippen MR) is 42.8 cm³/mol. The predicted octanol–water partition coefficient (Wildman–Crippen LogP) is 1.14. The zero-order valence-electron chi connectivity index (χ0n) is 4.64. The van der Waals surface area contributed by atoms with Crippen LogP contribution in [0.1, 0.15) is 5.56 Å².